The van der Waals surface area contributed by atoms with E-state index in [4.69, 9.17) is 4.84 Å². The maximum atomic E-state index is 12.5. The molecular weight excluding hydrogens is 244 g/mol. The van der Waals surface area contributed by atoms with Gasteiger partial charge in [-0.3, -0.25) is 9.63 Å². The average molecular weight is 270 g/mol. The second-order valence-corrected chi connectivity index (χ2v) is 6.97. The topological polar surface area (TPSA) is 53.0 Å². The Kier molecular flexibility index (Phi) is 4.18. The van der Waals surface area contributed by atoms with E-state index in [9.17, 15) is 9.90 Å². The number of β-amino-alcohol motifs (C(OH)–C–C–N with tert-alkyl or cyclic N) is 1. The lowest BCUT2D eigenvalue weighted by atomic mass is 9.88. The summed E-state index contributed by atoms with van der Waals surface area (Å²) in [6.45, 7) is 9.55. The molecule has 1 unspecified atom stereocenters. The molecule has 2 saturated heterocycles. The zero-order chi connectivity index (χ0) is 14.1. The maximum absolute atomic E-state index is 12.5. The van der Waals surface area contributed by atoms with Crippen LogP contribution in [0.25, 0.3) is 0 Å². The lowest BCUT2D eigenvalue weighted by Gasteiger charge is -2.41. The van der Waals surface area contributed by atoms with Crippen molar-refractivity contribution >= 4 is 5.91 Å². The third kappa shape index (κ3) is 3.68. The third-order valence-corrected chi connectivity index (χ3v) is 3.63. The summed E-state index contributed by atoms with van der Waals surface area (Å²) < 4.78 is 0. The molecule has 2 aliphatic heterocycles. The summed E-state index contributed by atoms with van der Waals surface area (Å²) >= 11 is 0. The zero-order valence-electron chi connectivity index (χ0n) is 12.3. The number of nitrogens with zero attached hydrogens (tertiary/aromatic N) is 2. The van der Waals surface area contributed by atoms with Crippen molar-refractivity contribution in [3.05, 3.63) is 0 Å². The first-order valence-electron chi connectivity index (χ1n) is 7.20. The summed E-state index contributed by atoms with van der Waals surface area (Å²) in [5.41, 5.74) is -1.22. The van der Waals surface area contributed by atoms with Crippen LogP contribution < -0.4 is 0 Å². The first-order valence-corrected chi connectivity index (χ1v) is 7.20. The van der Waals surface area contributed by atoms with Gasteiger partial charge in [0, 0.05) is 19.6 Å². The molecule has 0 radical (unpaired) electrons. The first-order chi connectivity index (χ1) is 8.80. The number of carbonyl (C=O) groups is 1. The normalized spacial score (nSPS) is 30.1. The molecular formula is C14H26N2O3. The number of hydroxylamine groups is 2. The van der Waals surface area contributed by atoms with Crippen molar-refractivity contribution in [2.24, 2.45) is 5.41 Å². The molecule has 0 bridgehead atoms. The molecule has 1 atom stereocenters. The van der Waals surface area contributed by atoms with E-state index in [1.165, 1.54) is 0 Å². The molecule has 0 aliphatic carbocycles. The number of rotatable bonds is 3. The molecule has 0 spiro atoms. The van der Waals surface area contributed by atoms with E-state index >= 15 is 0 Å². The largest absolute Gasteiger partial charge is 0.379 e. The van der Waals surface area contributed by atoms with Gasteiger partial charge in [0.1, 0.15) is 0 Å². The molecule has 0 aromatic rings. The van der Waals surface area contributed by atoms with E-state index in [-0.39, 0.29) is 11.3 Å². The Bertz CT molecular complexity index is 334. The Morgan fingerprint density at radius 3 is 2.63 bits per heavy atom. The fourth-order valence-electron chi connectivity index (χ4n) is 2.85. The fraction of sp³-hybridized carbons (Fsp3) is 0.929. The van der Waals surface area contributed by atoms with Crippen LogP contribution in [-0.4, -0.2) is 59.4 Å². The second-order valence-electron chi connectivity index (χ2n) is 6.97. The van der Waals surface area contributed by atoms with Gasteiger partial charge in [-0.25, -0.2) is 0 Å². The van der Waals surface area contributed by atoms with Gasteiger partial charge in [0.05, 0.1) is 13.2 Å². The summed E-state index contributed by atoms with van der Waals surface area (Å²) in [6.07, 6.45) is 2.36. The van der Waals surface area contributed by atoms with E-state index in [0.717, 1.165) is 25.9 Å². The van der Waals surface area contributed by atoms with E-state index in [0.29, 0.717) is 26.1 Å². The maximum Gasteiger partial charge on any atom is 0.255 e. The molecule has 2 rings (SSSR count). The quantitative estimate of drug-likeness (QED) is 0.832. The van der Waals surface area contributed by atoms with E-state index in [1.807, 2.05) is 0 Å². The number of likely N-dealkylation sites (tertiary alicyclic amines) is 1. The van der Waals surface area contributed by atoms with Gasteiger partial charge in [0.15, 0.2) is 5.60 Å². The number of piperidine rings is 1. The molecule has 2 aliphatic rings. The summed E-state index contributed by atoms with van der Waals surface area (Å²) in [7, 11) is 0. The Labute approximate surface area is 115 Å². The minimum Gasteiger partial charge on any atom is -0.379 e. The van der Waals surface area contributed by atoms with Crippen LogP contribution in [0.4, 0.5) is 0 Å². The predicted molar refractivity (Wildman–Crippen MR) is 72.4 cm³/mol. The Balaban J connectivity index is 2.01. The predicted octanol–water partition coefficient (Wildman–Crippen LogP) is 1.02. The molecule has 0 saturated carbocycles. The molecule has 0 aromatic carbocycles. The molecule has 1 N–H and O–H groups in total. The summed E-state index contributed by atoms with van der Waals surface area (Å²) in [6, 6.07) is 0. The Morgan fingerprint density at radius 2 is 2.05 bits per heavy atom. The van der Waals surface area contributed by atoms with E-state index < -0.39 is 5.60 Å². The third-order valence-electron chi connectivity index (χ3n) is 3.63. The van der Waals surface area contributed by atoms with Crippen molar-refractivity contribution in [2.75, 3.05) is 32.8 Å². The number of aliphatic hydroxyl groups is 1. The van der Waals surface area contributed by atoms with Crippen LogP contribution in [-0.2, 0) is 9.63 Å². The van der Waals surface area contributed by atoms with Gasteiger partial charge in [0.2, 0.25) is 0 Å². The fourth-order valence-corrected chi connectivity index (χ4v) is 2.85. The molecule has 2 fully saturated rings. The first kappa shape index (κ1) is 14.8. The highest BCUT2D eigenvalue weighted by molar-refractivity contribution is 5.86. The minimum absolute atomic E-state index is 0.0536. The van der Waals surface area contributed by atoms with Gasteiger partial charge < -0.3 is 10.0 Å². The molecule has 19 heavy (non-hydrogen) atoms. The Hall–Kier alpha value is -0.650. The lowest BCUT2D eigenvalue weighted by molar-refractivity contribution is -0.182. The molecule has 5 nitrogen and oxygen atoms in total. The van der Waals surface area contributed by atoms with Crippen LogP contribution in [0.15, 0.2) is 0 Å². The average Bonchev–Trinajstić information content (AvgIpc) is 2.76. The van der Waals surface area contributed by atoms with Crippen LogP contribution in [0.3, 0.4) is 0 Å². The lowest BCUT2D eigenvalue weighted by Crippen LogP contribution is -2.59. The molecule has 5 heteroatoms. The van der Waals surface area contributed by atoms with E-state index in [1.54, 1.807) is 9.96 Å². The number of hydrogen-bond acceptors (Lipinski definition) is 4. The van der Waals surface area contributed by atoms with Gasteiger partial charge in [-0.1, -0.05) is 20.8 Å². The number of amides is 1. The number of carbonyl (C=O) groups excluding carboxylic acids is 1. The second kappa shape index (κ2) is 5.38. The molecule has 110 valence electrons. The van der Waals surface area contributed by atoms with Crippen molar-refractivity contribution in [3.63, 3.8) is 0 Å². The standard InChI is InChI=1S/C14H26N2O3/c1-13(2,3)10-15-7-4-6-14(18,12(15)17)11-16-8-5-9-19-16/h18H,4-11H2,1-3H3. The summed E-state index contributed by atoms with van der Waals surface area (Å²) in [5.74, 6) is -0.135. The van der Waals surface area contributed by atoms with Crippen molar-refractivity contribution in [1.29, 1.82) is 0 Å². The van der Waals surface area contributed by atoms with Crippen molar-refractivity contribution in [1.82, 2.24) is 9.96 Å². The van der Waals surface area contributed by atoms with Gasteiger partial charge in [-0.05, 0) is 24.7 Å². The van der Waals surface area contributed by atoms with Crippen molar-refractivity contribution in [3.8, 4) is 0 Å². The summed E-state index contributed by atoms with van der Waals surface area (Å²) in [5, 5.41) is 12.4. The molecule has 1 amide bonds. The molecule has 0 aromatic heterocycles. The Morgan fingerprint density at radius 1 is 1.32 bits per heavy atom. The van der Waals surface area contributed by atoms with Crippen LogP contribution in [0.2, 0.25) is 0 Å². The van der Waals surface area contributed by atoms with Crippen LogP contribution in [0, 0.1) is 5.41 Å². The minimum atomic E-state index is -1.27. The SMILES string of the molecule is CC(C)(C)CN1CCCC(O)(CN2CCCO2)C1=O. The van der Waals surface area contributed by atoms with Crippen molar-refractivity contribution < 1.29 is 14.7 Å². The van der Waals surface area contributed by atoms with Crippen LogP contribution >= 0.6 is 0 Å². The van der Waals surface area contributed by atoms with Gasteiger partial charge in [0.25, 0.3) is 5.91 Å². The zero-order valence-corrected chi connectivity index (χ0v) is 12.3. The highest BCUT2D eigenvalue weighted by atomic mass is 16.7. The van der Waals surface area contributed by atoms with E-state index in [2.05, 4.69) is 20.8 Å². The van der Waals surface area contributed by atoms with Gasteiger partial charge in [-0.15, -0.1) is 0 Å². The smallest absolute Gasteiger partial charge is 0.255 e. The highest BCUT2D eigenvalue weighted by Gasteiger charge is 2.44. The van der Waals surface area contributed by atoms with Crippen LogP contribution in [0.5, 0.6) is 0 Å². The summed E-state index contributed by atoms with van der Waals surface area (Å²) in [4.78, 5) is 19.7. The molecule has 2 heterocycles. The van der Waals surface area contributed by atoms with Crippen molar-refractivity contribution in [2.45, 2.75) is 45.6 Å². The van der Waals surface area contributed by atoms with Crippen LogP contribution in [0.1, 0.15) is 40.0 Å². The van der Waals surface area contributed by atoms with Gasteiger partial charge in [-0.2, -0.15) is 5.06 Å². The monoisotopic (exact) mass is 270 g/mol. The van der Waals surface area contributed by atoms with Gasteiger partial charge >= 0.3 is 0 Å². The highest BCUT2D eigenvalue weighted by Crippen LogP contribution is 2.27. The number of hydrogen-bond donors (Lipinski definition) is 1.